The van der Waals surface area contributed by atoms with Crippen LogP contribution in [0.4, 0.5) is 13.2 Å². The molecule has 0 aromatic carbocycles. The van der Waals surface area contributed by atoms with Gasteiger partial charge in [-0.2, -0.15) is 13.2 Å². The maximum absolute atomic E-state index is 11.8. The van der Waals surface area contributed by atoms with Gasteiger partial charge in [0.1, 0.15) is 6.04 Å². The van der Waals surface area contributed by atoms with Crippen molar-refractivity contribution in [2.24, 2.45) is 0 Å². The van der Waals surface area contributed by atoms with E-state index in [2.05, 4.69) is 10.1 Å². The first kappa shape index (κ1) is 11.0. The number of ether oxygens (including phenoxy) is 1. The Labute approximate surface area is 68.5 Å². The molecule has 1 aliphatic rings. The lowest BCUT2D eigenvalue weighted by atomic mass is 10.3. The van der Waals surface area contributed by atoms with Gasteiger partial charge in [-0.05, 0) is 0 Å². The molecule has 0 amide bonds. The standard InChI is InChI=1S/C5H8F3NO.ClH/c6-5(7,8)4-3-10-2-1-9-4;/h4,9H,1-3H2;1H. The van der Waals surface area contributed by atoms with Crippen LogP contribution in [0.5, 0.6) is 0 Å². The van der Waals surface area contributed by atoms with Crippen LogP contribution in [0.15, 0.2) is 0 Å². The maximum Gasteiger partial charge on any atom is 0.406 e. The fourth-order valence-electron chi connectivity index (χ4n) is 0.776. The van der Waals surface area contributed by atoms with Crippen LogP contribution in [-0.4, -0.2) is 32.0 Å². The summed E-state index contributed by atoms with van der Waals surface area (Å²) in [6.45, 7) is 0.389. The predicted molar refractivity (Wildman–Crippen MR) is 35.9 cm³/mol. The Morgan fingerprint density at radius 3 is 2.27 bits per heavy atom. The van der Waals surface area contributed by atoms with Gasteiger partial charge in [0, 0.05) is 6.54 Å². The van der Waals surface area contributed by atoms with E-state index in [-0.39, 0.29) is 25.6 Å². The van der Waals surface area contributed by atoms with Gasteiger partial charge in [-0.3, -0.25) is 0 Å². The molecule has 1 rings (SSSR count). The van der Waals surface area contributed by atoms with Gasteiger partial charge in [0.25, 0.3) is 0 Å². The van der Waals surface area contributed by atoms with Gasteiger partial charge in [-0.25, -0.2) is 0 Å². The Bertz CT molecular complexity index is 113. The van der Waals surface area contributed by atoms with Crippen molar-refractivity contribution in [2.75, 3.05) is 19.8 Å². The average Bonchev–Trinajstić information content (AvgIpc) is 1.88. The van der Waals surface area contributed by atoms with E-state index in [0.29, 0.717) is 6.61 Å². The summed E-state index contributed by atoms with van der Waals surface area (Å²) in [4.78, 5) is 0. The van der Waals surface area contributed by atoms with Gasteiger partial charge in [-0.15, -0.1) is 12.4 Å². The zero-order chi connectivity index (χ0) is 7.61. The van der Waals surface area contributed by atoms with Crippen LogP contribution in [0.25, 0.3) is 0 Å². The smallest absolute Gasteiger partial charge is 0.378 e. The molecule has 0 aromatic heterocycles. The lowest BCUT2D eigenvalue weighted by Gasteiger charge is -2.25. The highest BCUT2D eigenvalue weighted by atomic mass is 35.5. The van der Waals surface area contributed by atoms with E-state index in [1.807, 2.05) is 0 Å². The monoisotopic (exact) mass is 191 g/mol. The lowest BCUT2D eigenvalue weighted by Crippen LogP contribution is -2.50. The van der Waals surface area contributed by atoms with Crippen LogP contribution < -0.4 is 5.32 Å². The Morgan fingerprint density at radius 2 is 2.00 bits per heavy atom. The molecule has 1 N–H and O–H groups in total. The third kappa shape index (κ3) is 3.27. The van der Waals surface area contributed by atoms with Crippen LogP contribution >= 0.6 is 12.4 Å². The second kappa shape index (κ2) is 4.13. The van der Waals surface area contributed by atoms with Crippen molar-refractivity contribution in [3.63, 3.8) is 0 Å². The maximum atomic E-state index is 11.8. The summed E-state index contributed by atoms with van der Waals surface area (Å²) in [6.07, 6.45) is -4.17. The third-order valence-electron chi connectivity index (χ3n) is 1.32. The molecule has 0 saturated carbocycles. The first-order valence-corrected chi connectivity index (χ1v) is 2.98. The fourth-order valence-corrected chi connectivity index (χ4v) is 0.776. The third-order valence-corrected chi connectivity index (χ3v) is 1.32. The molecule has 0 aliphatic carbocycles. The Hall–Kier alpha value is -0.0000000000000000416. The summed E-state index contributed by atoms with van der Waals surface area (Å²) in [7, 11) is 0. The SMILES string of the molecule is Cl.FC(F)(F)C1COCCN1. The number of hydrogen-bond acceptors (Lipinski definition) is 2. The van der Waals surface area contributed by atoms with E-state index in [1.165, 1.54) is 0 Å². The summed E-state index contributed by atoms with van der Waals surface area (Å²) in [5, 5.41) is 2.31. The molecule has 1 saturated heterocycles. The quantitative estimate of drug-likeness (QED) is 0.616. The summed E-state index contributed by atoms with van der Waals surface area (Å²) >= 11 is 0. The number of hydrogen-bond donors (Lipinski definition) is 1. The highest BCUT2D eigenvalue weighted by Gasteiger charge is 2.40. The zero-order valence-electron chi connectivity index (χ0n) is 5.65. The summed E-state index contributed by atoms with van der Waals surface area (Å²) in [5.74, 6) is 0. The van der Waals surface area contributed by atoms with E-state index in [4.69, 9.17) is 0 Å². The second-order valence-electron chi connectivity index (χ2n) is 2.12. The van der Waals surface area contributed by atoms with Gasteiger partial charge in [-0.1, -0.05) is 0 Å². The molecule has 2 nitrogen and oxygen atoms in total. The summed E-state index contributed by atoms with van der Waals surface area (Å²) in [6, 6.07) is -1.47. The molecular weight excluding hydrogens is 183 g/mol. The molecule has 1 aliphatic heterocycles. The molecule has 11 heavy (non-hydrogen) atoms. The number of rotatable bonds is 0. The van der Waals surface area contributed by atoms with Gasteiger partial charge < -0.3 is 10.1 Å². The Balaban J connectivity index is 0.000001000. The number of halogens is 4. The minimum Gasteiger partial charge on any atom is -0.378 e. The van der Waals surface area contributed by atoms with Gasteiger partial charge in [0.05, 0.1) is 13.2 Å². The average molecular weight is 192 g/mol. The van der Waals surface area contributed by atoms with Gasteiger partial charge in [0.2, 0.25) is 0 Å². The van der Waals surface area contributed by atoms with Crippen molar-refractivity contribution in [3.05, 3.63) is 0 Å². The van der Waals surface area contributed by atoms with E-state index in [1.54, 1.807) is 0 Å². The second-order valence-corrected chi connectivity index (χ2v) is 2.12. The van der Waals surface area contributed by atoms with Crippen molar-refractivity contribution >= 4 is 12.4 Å². The minimum atomic E-state index is -4.17. The molecule has 0 radical (unpaired) electrons. The van der Waals surface area contributed by atoms with Crippen LogP contribution in [0.2, 0.25) is 0 Å². The molecule has 0 aromatic rings. The van der Waals surface area contributed by atoms with Crippen LogP contribution in [0.1, 0.15) is 0 Å². The highest BCUT2D eigenvalue weighted by Crippen LogP contribution is 2.21. The first-order valence-electron chi connectivity index (χ1n) is 2.98. The van der Waals surface area contributed by atoms with E-state index >= 15 is 0 Å². The van der Waals surface area contributed by atoms with Crippen molar-refractivity contribution < 1.29 is 17.9 Å². The van der Waals surface area contributed by atoms with Crippen LogP contribution in [0, 0.1) is 0 Å². The molecule has 1 unspecified atom stereocenters. The topological polar surface area (TPSA) is 21.3 Å². The van der Waals surface area contributed by atoms with Crippen molar-refractivity contribution in [1.82, 2.24) is 5.32 Å². The Kier molecular flexibility index (Phi) is 4.13. The molecule has 1 heterocycles. The van der Waals surface area contributed by atoms with Crippen LogP contribution in [0.3, 0.4) is 0 Å². The lowest BCUT2D eigenvalue weighted by molar-refractivity contribution is -0.176. The predicted octanol–water partition coefficient (Wildman–Crippen LogP) is 0.959. The molecular formula is C5H9ClF3NO. The fraction of sp³-hybridized carbons (Fsp3) is 1.00. The minimum absolute atomic E-state index is 0. The largest absolute Gasteiger partial charge is 0.406 e. The molecule has 1 atom stereocenters. The molecule has 68 valence electrons. The number of morpholine rings is 1. The van der Waals surface area contributed by atoms with Crippen molar-refractivity contribution in [1.29, 1.82) is 0 Å². The van der Waals surface area contributed by atoms with E-state index in [9.17, 15) is 13.2 Å². The van der Waals surface area contributed by atoms with Gasteiger partial charge in [0.15, 0.2) is 0 Å². The molecule has 0 bridgehead atoms. The van der Waals surface area contributed by atoms with E-state index in [0.717, 1.165) is 0 Å². The number of alkyl halides is 3. The molecule has 6 heteroatoms. The van der Waals surface area contributed by atoms with Gasteiger partial charge >= 0.3 is 6.18 Å². The van der Waals surface area contributed by atoms with Crippen LogP contribution in [-0.2, 0) is 4.74 Å². The molecule has 0 spiro atoms. The normalized spacial score (nSPS) is 25.9. The summed E-state index contributed by atoms with van der Waals surface area (Å²) < 4.78 is 40.0. The first-order chi connectivity index (χ1) is 4.61. The van der Waals surface area contributed by atoms with E-state index < -0.39 is 12.2 Å². The summed E-state index contributed by atoms with van der Waals surface area (Å²) in [5.41, 5.74) is 0. The zero-order valence-corrected chi connectivity index (χ0v) is 6.47. The Morgan fingerprint density at radius 1 is 1.36 bits per heavy atom. The highest BCUT2D eigenvalue weighted by molar-refractivity contribution is 5.85. The number of nitrogens with one attached hydrogen (secondary N) is 1. The van der Waals surface area contributed by atoms with Crippen molar-refractivity contribution in [3.8, 4) is 0 Å². The van der Waals surface area contributed by atoms with Crippen molar-refractivity contribution in [2.45, 2.75) is 12.2 Å². The molecule has 1 fully saturated rings.